The molecule has 1 aromatic rings. The molecule has 0 spiro atoms. The van der Waals surface area contributed by atoms with Crippen molar-refractivity contribution in [2.24, 2.45) is 11.8 Å². The smallest absolute Gasteiger partial charge is 0.255 e. The third kappa shape index (κ3) is 2.80. The molecule has 0 radical (unpaired) electrons. The molecule has 0 aliphatic heterocycles. The number of rotatable bonds is 7. The van der Waals surface area contributed by atoms with E-state index in [0.29, 0.717) is 0 Å². The first-order valence-electron chi connectivity index (χ1n) is 6.19. The van der Waals surface area contributed by atoms with Crippen LogP contribution in [-0.4, -0.2) is 23.3 Å². The van der Waals surface area contributed by atoms with Crippen LogP contribution in [0.15, 0.2) is 22.1 Å². The minimum absolute atomic E-state index is 0.788. The van der Waals surface area contributed by atoms with Gasteiger partial charge in [0.05, 0.1) is 6.20 Å². The summed E-state index contributed by atoms with van der Waals surface area (Å²) in [6.07, 6.45) is 9.12. The topological polar surface area (TPSA) is 38.1 Å². The molecule has 2 saturated carbocycles. The van der Waals surface area contributed by atoms with Gasteiger partial charge in [0.15, 0.2) is 0 Å². The lowest BCUT2D eigenvalue weighted by atomic mass is 10.1. The standard InChI is InChI=1S/C12H18N2OS/c1-2-9(1)11(10-3-4-10)13-6-8-16-12-14-5-7-15-12/h5,7,9-11,13H,1-4,6,8H2. The van der Waals surface area contributed by atoms with E-state index in [2.05, 4.69) is 10.3 Å². The lowest BCUT2D eigenvalue weighted by molar-refractivity contribution is 0.427. The summed E-state index contributed by atoms with van der Waals surface area (Å²) >= 11 is 1.69. The normalized spacial score (nSPS) is 20.6. The number of hydrogen-bond acceptors (Lipinski definition) is 4. The average molecular weight is 238 g/mol. The highest BCUT2D eigenvalue weighted by Gasteiger charge is 2.40. The van der Waals surface area contributed by atoms with Crippen molar-refractivity contribution in [3.63, 3.8) is 0 Å². The monoisotopic (exact) mass is 238 g/mol. The summed E-state index contributed by atoms with van der Waals surface area (Å²) in [6.45, 7) is 1.07. The first-order chi connectivity index (χ1) is 7.93. The molecule has 16 heavy (non-hydrogen) atoms. The molecule has 0 atom stereocenters. The van der Waals surface area contributed by atoms with Crippen molar-refractivity contribution in [3.8, 4) is 0 Å². The van der Waals surface area contributed by atoms with E-state index in [1.54, 1.807) is 24.2 Å². The predicted octanol–water partition coefficient (Wildman–Crippen LogP) is 2.54. The van der Waals surface area contributed by atoms with Gasteiger partial charge in [0, 0.05) is 18.3 Å². The van der Waals surface area contributed by atoms with E-state index >= 15 is 0 Å². The largest absolute Gasteiger partial charge is 0.440 e. The van der Waals surface area contributed by atoms with Crippen molar-refractivity contribution in [2.75, 3.05) is 12.3 Å². The lowest BCUT2D eigenvalue weighted by Gasteiger charge is -2.16. The van der Waals surface area contributed by atoms with E-state index in [0.717, 1.165) is 35.4 Å². The molecule has 2 aliphatic carbocycles. The van der Waals surface area contributed by atoms with E-state index in [1.165, 1.54) is 25.7 Å². The van der Waals surface area contributed by atoms with Crippen molar-refractivity contribution in [1.82, 2.24) is 10.3 Å². The van der Waals surface area contributed by atoms with Crippen LogP contribution in [-0.2, 0) is 0 Å². The number of nitrogens with one attached hydrogen (secondary N) is 1. The molecule has 3 nitrogen and oxygen atoms in total. The fourth-order valence-corrected chi connectivity index (χ4v) is 2.93. The fourth-order valence-electron chi connectivity index (χ4n) is 2.27. The minimum Gasteiger partial charge on any atom is -0.440 e. The average Bonchev–Trinajstić information content (AvgIpc) is 3.20. The van der Waals surface area contributed by atoms with Crippen molar-refractivity contribution in [3.05, 3.63) is 12.5 Å². The van der Waals surface area contributed by atoms with Gasteiger partial charge < -0.3 is 9.73 Å². The van der Waals surface area contributed by atoms with Crippen LogP contribution in [0.4, 0.5) is 0 Å². The Balaban J connectivity index is 1.35. The summed E-state index contributed by atoms with van der Waals surface area (Å²) in [5.41, 5.74) is 0. The second-order valence-electron chi connectivity index (χ2n) is 4.80. The Labute approximate surface area is 100 Å². The molecule has 0 amide bonds. The maximum Gasteiger partial charge on any atom is 0.255 e. The van der Waals surface area contributed by atoms with Gasteiger partial charge in [-0.2, -0.15) is 0 Å². The first-order valence-corrected chi connectivity index (χ1v) is 7.18. The van der Waals surface area contributed by atoms with Crippen molar-refractivity contribution in [2.45, 2.75) is 36.9 Å². The molecule has 1 heterocycles. The molecule has 1 aromatic heterocycles. The Morgan fingerprint density at radius 1 is 1.38 bits per heavy atom. The molecule has 88 valence electrons. The second kappa shape index (κ2) is 4.80. The number of hydrogen-bond donors (Lipinski definition) is 1. The maximum atomic E-state index is 5.18. The van der Waals surface area contributed by atoms with E-state index in [-0.39, 0.29) is 0 Å². The molecular formula is C12H18N2OS. The third-order valence-corrected chi connectivity index (χ3v) is 4.23. The molecule has 1 N–H and O–H groups in total. The predicted molar refractivity (Wildman–Crippen MR) is 64.5 cm³/mol. The number of thioether (sulfide) groups is 1. The summed E-state index contributed by atoms with van der Waals surface area (Å²) in [5, 5.41) is 4.50. The van der Waals surface area contributed by atoms with Crippen LogP contribution in [0.1, 0.15) is 25.7 Å². The number of oxazole rings is 1. The molecule has 0 unspecified atom stereocenters. The first kappa shape index (κ1) is 10.7. The Kier molecular flexibility index (Phi) is 3.20. The summed E-state index contributed by atoms with van der Waals surface area (Å²) in [7, 11) is 0. The van der Waals surface area contributed by atoms with Crippen molar-refractivity contribution < 1.29 is 4.42 Å². The Morgan fingerprint density at radius 3 is 2.69 bits per heavy atom. The van der Waals surface area contributed by atoms with E-state index < -0.39 is 0 Å². The van der Waals surface area contributed by atoms with Gasteiger partial charge in [-0.05, 0) is 37.5 Å². The van der Waals surface area contributed by atoms with Gasteiger partial charge in [-0.3, -0.25) is 0 Å². The van der Waals surface area contributed by atoms with Gasteiger partial charge in [-0.1, -0.05) is 11.8 Å². The molecule has 2 fully saturated rings. The zero-order valence-electron chi connectivity index (χ0n) is 9.39. The highest BCUT2D eigenvalue weighted by atomic mass is 32.2. The van der Waals surface area contributed by atoms with Gasteiger partial charge in [-0.25, -0.2) is 4.98 Å². The van der Waals surface area contributed by atoms with E-state index in [4.69, 9.17) is 4.42 Å². The van der Waals surface area contributed by atoms with Crippen LogP contribution in [0.5, 0.6) is 0 Å². The highest BCUT2D eigenvalue weighted by molar-refractivity contribution is 7.99. The van der Waals surface area contributed by atoms with Crippen LogP contribution in [0, 0.1) is 11.8 Å². The van der Waals surface area contributed by atoms with Crippen LogP contribution in [0.25, 0.3) is 0 Å². The van der Waals surface area contributed by atoms with E-state index in [1.807, 2.05) is 0 Å². The SMILES string of the molecule is c1coc(SCCNC(C2CC2)C2CC2)n1. The highest BCUT2D eigenvalue weighted by Crippen LogP contribution is 2.44. The Hall–Kier alpha value is -0.480. The zero-order valence-corrected chi connectivity index (χ0v) is 10.2. The quantitative estimate of drug-likeness (QED) is 0.585. The van der Waals surface area contributed by atoms with Crippen LogP contribution in [0.2, 0.25) is 0 Å². The summed E-state index contributed by atoms with van der Waals surface area (Å²) in [6, 6.07) is 0.810. The van der Waals surface area contributed by atoms with Crippen LogP contribution in [0.3, 0.4) is 0 Å². The zero-order chi connectivity index (χ0) is 10.8. The van der Waals surface area contributed by atoms with Crippen LogP contribution >= 0.6 is 11.8 Å². The number of nitrogens with zero attached hydrogens (tertiary/aromatic N) is 1. The summed E-state index contributed by atoms with van der Waals surface area (Å²) in [5.74, 6) is 3.02. The molecule has 0 saturated heterocycles. The Morgan fingerprint density at radius 2 is 2.12 bits per heavy atom. The Bertz CT molecular complexity index is 308. The third-order valence-electron chi connectivity index (χ3n) is 3.38. The van der Waals surface area contributed by atoms with Gasteiger partial charge in [0.25, 0.3) is 5.22 Å². The fraction of sp³-hybridized carbons (Fsp3) is 0.750. The molecule has 3 rings (SSSR count). The van der Waals surface area contributed by atoms with Gasteiger partial charge in [-0.15, -0.1) is 0 Å². The van der Waals surface area contributed by atoms with E-state index in [9.17, 15) is 0 Å². The molecular weight excluding hydrogens is 220 g/mol. The summed E-state index contributed by atoms with van der Waals surface area (Å²) < 4.78 is 5.18. The molecule has 4 heteroatoms. The van der Waals surface area contributed by atoms with Gasteiger partial charge in [0.1, 0.15) is 6.26 Å². The number of aromatic nitrogens is 1. The van der Waals surface area contributed by atoms with Crippen LogP contribution < -0.4 is 5.32 Å². The van der Waals surface area contributed by atoms with Gasteiger partial charge >= 0.3 is 0 Å². The lowest BCUT2D eigenvalue weighted by Crippen LogP contribution is -2.34. The molecule has 2 aliphatic rings. The molecule has 0 bridgehead atoms. The summed E-state index contributed by atoms with van der Waals surface area (Å²) in [4.78, 5) is 4.10. The van der Waals surface area contributed by atoms with Crippen molar-refractivity contribution >= 4 is 11.8 Å². The maximum absolute atomic E-state index is 5.18. The van der Waals surface area contributed by atoms with Crippen molar-refractivity contribution in [1.29, 1.82) is 0 Å². The minimum atomic E-state index is 0.788. The second-order valence-corrected chi connectivity index (χ2v) is 5.85. The van der Waals surface area contributed by atoms with Gasteiger partial charge in [0.2, 0.25) is 0 Å². The molecule has 0 aromatic carbocycles.